The summed E-state index contributed by atoms with van der Waals surface area (Å²) in [5.41, 5.74) is 6.23. The molecule has 2 rings (SSSR count). The Morgan fingerprint density at radius 1 is 1.50 bits per heavy atom. The van der Waals surface area contributed by atoms with Gasteiger partial charge in [-0.3, -0.25) is 4.79 Å². The van der Waals surface area contributed by atoms with Crippen LogP contribution in [0.1, 0.15) is 10.4 Å². The first kappa shape index (κ1) is 10.8. The molecule has 3 N–H and O–H groups in total. The molecule has 5 nitrogen and oxygen atoms in total. The number of aromatic nitrogens is 2. The molecule has 0 atom stereocenters. The highest BCUT2D eigenvalue weighted by molar-refractivity contribution is 7.18. The zero-order chi connectivity index (χ0) is 11.7. The standard InChI is InChI=1S/C10H12N4OS/c1-5-6(2)16-10-8(5)9(13-4-14-10)12-3-7(11)15/h4H,3H2,1-2H3,(H2,11,15)(H,12,13,14). The van der Waals surface area contributed by atoms with Crippen LogP contribution >= 0.6 is 11.3 Å². The smallest absolute Gasteiger partial charge is 0.236 e. The normalized spacial score (nSPS) is 10.6. The van der Waals surface area contributed by atoms with E-state index >= 15 is 0 Å². The van der Waals surface area contributed by atoms with E-state index in [1.54, 1.807) is 11.3 Å². The second kappa shape index (κ2) is 4.05. The predicted octanol–water partition coefficient (Wildman–Crippen LogP) is 1.21. The number of anilines is 1. The van der Waals surface area contributed by atoms with Crippen molar-refractivity contribution < 1.29 is 4.79 Å². The zero-order valence-electron chi connectivity index (χ0n) is 9.07. The van der Waals surface area contributed by atoms with E-state index in [4.69, 9.17) is 5.73 Å². The maximum atomic E-state index is 10.7. The Bertz CT molecular complexity index is 549. The number of primary amides is 1. The van der Waals surface area contributed by atoms with Gasteiger partial charge in [0.25, 0.3) is 0 Å². The topological polar surface area (TPSA) is 80.9 Å². The van der Waals surface area contributed by atoms with Crippen LogP contribution in [0.15, 0.2) is 6.33 Å². The van der Waals surface area contributed by atoms with Gasteiger partial charge in [-0.05, 0) is 19.4 Å². The first-order valence-corrected chi connectivity index (χ1v) is 5.64. The molecular weight excluding hydrogens is 224 g/mol. The molecule has 2 aromatic rings. The van der Waals surface area contributed by atoms with Gasteiger partial charge in [0.05, 0.1) is 11.9 Å². The van der Waals surface area contributed by atoms with Crippen molar-refractivity contribution in [2.45, 2.75) is 13.8 Å². The Balaban J connectivity index is 2.48. The average Bonchev–Trinajstić information content (AvgIpc) is 2.52. The number of hydrogen-bond acceptors (Lipinski definition) is 5. The fraction of sp³-hybridized carbons (Fsp3) is 0.300. The first-order valence-electron chi connectivity index (χ1n) is 4.82. The Morgan fingerprint density at radius 3 is 2.94 bits per heavy atom. The van der Waals surface area contributed by atoms with Crippen molar-refractivity contribution in [3.8, 4) is 0 Å². The summed E-state index contributed by atoms with van der Waals surface area (Å²) in [4.78, 5) is 21.2. The number of nitrogens with two attached hydrogens (primary N) is 1. The molecule has 0 saturated heterocycles. The van der Waals surface area contributed by atoms with E-state index in [0.29, 0.717) is 5.82 Å². The number of rotatable bonds is 3. The van der Waals surface area contributed by atoms with Crippen LogP contribution in [0.25, 0.3) is 10.2 Å². The Labute approximate surface area is 96.7 Å². The molecule has 0 aromatic carbocycles. The molecule has 0 aliphatic heterocycles. The summed E-state index contributed by atoms with van der Waals surface area (Å²) in [7, 11) is 0. The minimum atomic E-state index is -0.406. The van der Waals surface area contributed by atoms with Crippen LogP contribution in [0, 0.1) is 13.8 Å². The van der Waals surface area contributed by atoms with E-state index in [9.17, 15) is 4.79 Å². The minimum Gasteiger partial charge on any atom is -0.368 e. The van der Waals surface area contributed by atoms with E-state index in [-0.39, 0.29) is 6.54 Å². The number of carbonyl (C=O) groups is 1. The molecule has 0 fully saturated rings. The minimum absolute atomic E-state index is 0.0838. The van der Waals surface area contributed by atoms with Gasteiger partial charge in [0, 0.05) is 4.88 Å². The number of carbonyl (C=O) groups excluding carboxylic acids is 1. The van der Waals surface area contributed by atoms with Crippen LogP contribution in [0.5, 0.6) is 0 Å². The summed E-state index contributed by atoms with van der Waals surface area (Å²) in [6.07, 6.45) is 1.49. The van der Waals surface area contributed by atoms with Crippen LogP contribution in [0.3, 0.4) is 0 Å². The molecule has 16 heavy (non-hydrogen) atoms. The number of hydrogen-bond donors (Lipinski definition) is 2. The van der Waals surface area contributed by atoms with E-state index in [1.807, 2.05) is 13.8 Å². The van der Waals surface area contributed by atoms with Gasteiger partial charge in [-0.2, -0.15) is 0 Å². The van der Waals surface area contributed by atoms with E-state index in [0.717, 1.165) is 15.8 Å². The number of nitrogens with zero attached hydrogens (tertiary/aromatic N) is 2. The van der Waals surface area contributed by atoms with Crippen LogP contribution < -0.4 is 11.1 Å². The third kappa shape index (κ3) is 1.83. The monoisotopic (exact) mass is 236 g/mol. The molecule has 0 aliphatic carbocycles. The first-order chi connectivity index (χ1) is 7.59. The molecule has 84 valence electrons. The summed E-state index contributed by atoms with van der Waals surface area (Å²) < 4.78 is 0. The van der Waals surface area contributed by atoms with Crippen molar-refractivity contribution in [2.24, 2.45) is 5.73 Å². The molecule has 0 radical (unpaired) electrons. The third-order valence-electron chi connectivity index (χ3n) is 2.40. The lowest BCUT2D eigenvalue weighted by atomic mass is 10.2. The van der Waals surface area contributed by atoms with E-state index in [1.165, 1.54) is 11.2 Å². The number of thiophene rings is 1. The zero-order valence-corrected chi connectivity index (χ0v) is 9.89. The summed E-state index contributed by atoms with van der Waals surface area (Å²) in [6.45, 7) is 4.15. The highest BCUT2D eigenvalue weighted by Gasteiger charge is 2.11. The van der Waals surface area contributed by atoms with Gasteiger partial charge in [0.2, 0.25) is 5.91 Å². The van der Waals surface area contributed by atoms with Gasteiger partial charge in [-0.1, -0.05) is 0 Å². The SMILES string of the molecule is Cc1sc2ncnc(NCC(N)=O)c2c1C. The summed E-state index contributed by atoms with van der Waals surface area (Å²) in [5.74, 6) is 0.266. The maximum absolute atomic E-state index is 10.7. The van der Waals surface area contributed by atoms with Crippen LogP contribution in [-0.2, 0) is 4.79 Å². The number of fused-ring (bicyclic) bond motifs is 1. The maximum Gasteiger partial charge on any atom is 0.236 e. The van der Waals surface area contributed by atoms with Gasteiger partial charge >= 0.3 is 0 Å². The van der Waals surface area contributed by atoms with Crippen molar-refractivity contribution >= 4 is 33.3 Å². The van der Waals surface area contributed by atoms with Gasteiger partial charge in [-0.25, -0.2) is 9.97 Å². The van der Waals surface area contributed by atoms with Crippen molar-refractivity contribution in [1.82, 2.24) is 9.97 Å². The molecule has 0 saturated carbocycles. The fourth-order valence-electron chi connectivity index (χ4n) is 1.49. The quantitative estimate of drug-likeness (QED) is 0.839. The van der Waals surface area contributed by atoms with Crippen LogP contribution in [0.2, 0.25) is 0 Å². The number of aryl methyl sites for hydroxylation is 2. The highest BCUT2D eigenvalue weighted by atomic mass is 32.1. The van der Waals surface area contributed by atoms with Crippen molar-refractivity contribution in [2.75, 3.05) is 11.9 Å². The summed E-state index contributed by atoms with van der Waals surface area (Å²) in [6, 6.07) is 0. The van der Waals surface area contributed by atoms with Crippen molar-refractivity contribution in [1.29, 1.82) is 0 Å². The molecule has 0 bridgehead atoms. The lowest BCUT2D eigenvalue weighted by molar-refractivity contribution is -0.116. The summed E-state index contributed by atoms with van der Waals surface area (Å²) in [5, 5.41) is 3.90. The second-order valence-corrected chi connectivity index (χ2v) is 4.71. The van der Waals surface area contributed by atoms with Crippen molar-refractivity contribution in [3.05, 3.63) is 16.8 Å². The summed E-state index contributed by atoms with van der Waals surface area (Å²) >= 11 is 1.62. The predicted molar refractivity (Wildman–Crippen MR) is 64.6 cm³/mol. The van der Waals surface area contributed by atoms with Gasteiger partial charge in [0.1, 0.15) is 17.0 Å². The van der Waals surface area contributed by atoms with E-state index in [2.05, 4.69) is 15.3 Å². The molecule has 0 unspecified atom stereocenters. The fourth-order valence-corrected chi connectivity index (χ4v) is 2.48. The highest BCUT2D eigenvalue weighted by Crippen LogP contribution is 2.32. The third-order valence-corrected chi connectivity index (χ3v) is 3.51. The van der Waals surface area contributed by atoms with Gasteiger partial charge in [0.15, 0.2) is 0 Å². The van der Waals surface area contributed by atoms with Gasteiger partial charge in [-0.15, -0.1) is 11.3 Å². The second-order valence-electron chi connectivity index (χ2n) is 3.51. The van der Waals surface area contributed by atoms with Crippen molar-refractivity contribution in [3.63, 3.8) is 0 Å². The molecular formula is C10H12N4OS. The van der Waals surface area contributed by atoms with Crippen LogP contribution in [-0.4, -0.2) is 22.4 Å². The van der Waals surface area contributed by atoms with Gasteiger partial charge < -0.3 is 11.1 Å². The van der Waals surface area contributed by atoms with E-state index < -0.39 is 5.91 Å². The van der Waals surface area contributed by atoms with Crippen LogP contribution in [0.4, 0.5) is 5.82 Å². The molecule has 2 heterocycles. The average molecular weight is 236 g/mol. The molecule has 0 spiro atoms. The lowest BCUT2D eigenvalue weighted by Crippen LogP contribution is -2.22. The largest absolute Gasteiger partial charge is 0.368 e. The Hall–Kier alpha value is -1.69. The Kier molecular flexibility index (Phi) is 2.74. The number of nitrogens with one attached hydrogen (secondary N) is 1. The Morgan fingerprint density at radius 2 is 2.25 bits per heavy atom. The molecule has 1 amide bonds. The lowest BCUT2D eigenvalue weighted by Gasteiger charge is -2.04. The molecule has 6 heteroatoms. The molecule has 2 aromatic heterocycles. The number of amides is 1. The molecule has 0 aliphatic rings.